The average molecular weight is 579 g/mol. The number of hydrogen-bond donors (Lipinski definition) is 1. The van der Waals surface area contributed by atoms with E-state index in [0.29, 0.717) is 31.3 Å². The monoisotopic (exact) mass is 577 g/mol. The fourth-order valence-corrected chi connectivity index (χ4v) is 7.16. The van der Waals surface area contributed by atoms with Gasteiger partial charge < -0.3 is 5.32 Å². The molecule has 5 rings (SSSR count). The Kier molecular flexibility index (Phi) is 7.65. The van der Waals surface area contributed by atoms with E-state index >= 15 is 0 Å². The molecular weight excluding hydrogens is 557 g/mol. The smallest absolute Gasteiger partial charge is 0.267 e. The summed E-state index contributed by atoms with van der Waals surface area (Å²) in [6, 6.07) is 10.6. The summed E-state index contributed by atoms with van der Waals surface area (Å²) < 4.78 is 1.61. The Morgan fingerprint density at radius 3 is 2.75 bits per heavy atom. The van der Waals surface area contributed by atoms with Crippen LogP contribution in [0.2, 0.25) is 15.1 Å². The summed E-state index contributed by atoms with van der Waals surface area (Å²) in [6.07, 6.45) is 4.07. The standard InChI is InChI=1S/C26H22Cl3N3O2S2/c1-14-18(28)6-4-7-20(14)32-25(34)23-17-5-2-3-8-21(17)36-24(23)31-26(32)35-13-22(33)30-12-15-9-10-16(27)11-19(15)29/h4,6-7,9-11H,2-3,5,8,12-13H2,1H3,(H,30,33). The predicted molar refractivity (Wildman–Crippen MR) is 151 cm³/mol. The van der Waals surface area contributed by atoms with Crippen LogP contribution in [0.1, 0.15) is 34.4 Å². The summed E-state index contributed by atoms with van der Waals surface area (Å²) in [4.78, 5) is 33.5. The first-order valence-electron chi connectivity index (χ1n) is 11.5. The van der Waals surface area contributed by atoms with Crippen LogP contribution in [0.5, 0.6) is 0 Å². The normalized spacial score (nSPS) is 13.1. The number of thioether (sulfide) groups is 1. The van der Waals surface area contributed by atoms with E-state index in [2.05, 4.69) is 5.32 Å². The minimum absolute atomic E-state index is 0.0911. The molecule has 0 radical (unpaired) electrons. The second-order valence-electron chi connectivity index (χ2n) is 8.61. The maximum atomic E-state index is 13.9. The molecule has 4 aromatic rings. The summed E-state index contributed by atoms with van der Waals surface area (Å²) in [5, 5.41) is 5.65. The third kappa shape index (κ3) is 5.04. The van der Waals surface area contributed by atoms with E-state index < -0.39 is 0 Å². The Balaban J connectivity index is 1.48. The Morgan fingerprint density at radius 2 is 1.94 bits per heavy atom. The molecule has 0 unspecified atom stereocenters. The van der Waals surface area contributed by atoms with Crippen molar-refractivity contribution in [1.29, 1.82) is 0 Å². The van der Waals surface area contributed by atoms with E-state index in [-0.39, 0.29) is 23.8 Å². The maximum Gasteiger partial charge on any atom is 0.267 e. The Hall–Kier alpha value is -2.03. The zero-order valence-electron chi connectivity index (χ0n) is 19.4. The van der Waals surface area contributed by atoms with Gasteiger partial charge in [0.2, 0.25) is 5.91 Å². The molecular formula is C26H22Cl3N3O2S2. The van der Waals surface area contributed by atoms with Gasteiger partial charge in [-0.15, -0.1) is 11.3 Å². The summed E-state index contributed by atoms with van der Waals surface area (Å²) in [7, 11) is 0. The second kappa shape index (κ2) is 10.8. The quantitative estimate of drug-likeness (QED) is 0.198. The van der Waals surface area contributed by atoms with Gasteiger partial charge in [0.1, 0.15) is 4.83 Å². The van der Waals surface area contributed by atoms with Crippen LogP contribution in [-0.4, -0.2) is 21.2 Å². The Labute approximate surface area is 231 Å². The number of fused-ring (bicyclic) bond motifs is 3. The van der Waals surface area contributed by atoms with E-state index in [1.807, 2.05) is 19.1 Å². The van der Waals surface area contributed by atoms with Gasteiger partial charge in [0.05, 0.1) is 16.8 Å². The average Bonchev–Trinajstić information content (AvgIpc) is 3.23. The lowest BCUT2D eigenvalue weighted by Crippen LogP contribution is -2.26. The molecule has 10 heteroatoms. The van der Waals surface area contributed by atoms with Crippen LogP contribution in [0.25, 0.3) is 15.9 Å². The largest absolute Gasteiger partial charge is 0.351 e. The van der Waals surface area contributed by atoms with Gasteiger partial charge in [0.25, 0.3) is 5.56 Å². The Morgan fingerprint density at radius 1 is 1.14 bits per heavy atom. The molecule has 0 atom stereocenters. The topological polar surface area (TPSA) is 64.0 Å². The zero-order valence-corrected chi connectivity index (χ0v) is 23.3. The van der Waals surface area contributed by atoms with Gasteiger partial charge in [-0.3, -0.25) is 14.2 Å². The van der Waals surface area contributed by atoms with E-state index in [9.17, 15) is 9.59 Å². The van der Waals surface area contributed by atoms with Crippen molar-refractivity contribution >= 4 is 74.0 Å². The number of carbonyl (C=O) groups is 1. The third-order valence-corrected chi connectivity index (χ3v) is 9.38. The van der Waals surface area contributed by atoms with Crippen LogP contribution in [0.3, 0.4) is 0 Å². The first kappa shape index (κ1) is 25.6. The molecule has 2 aromatic heterocycles. The first-order chi connectivity index (χ1) is 17.3. The highest BCUT2D eigenvalue weighted by Crippen LogP contribution is 2.36. The van der Waals surface area contributed by atoms with Crippen LogP contribution >= 0.6 is 57.9 Å². The summed E-state index contributed by atoms with van der Waals surface area (Å²) in [5.41, 5.74) is 3.25. The van der Waals surface area contributed by atoms with Crippen molar-refractivity contribution in [2.75, 3.05) is 5.75 Å². The molecule has 0 spiro atoms. The third-order valence-electron chi connectivity index (χ3n) is 6.26. The number of benzene rings is 2. The molecule has 1 N–H and O–H groups in total. The molecule has 0 aliphatic heterocycles. The SMILES string of the molecule is Cc1c(Cl)cccc1-n1c(SCC(=O)NCc2ccc(Cl)cc2Cl)nc2sc3c(c2c1=O)CCCC3. The van der Waals surface area contributed by atoms with Crippen molar-refractivity contribution < 1.29 is 4.79 Å². The minimum Gasteiger partial charge on any atom is -0.351 e. The molecule has 2 heterocycles. The first-order valence-corrected chi connectivity index (χ1v) is 14.4. The highest BCUT2D eigenvalue weighted by molar-refractivity contribution is 7.99. The minimum atomic E-state index is -0.194. The summed E-state index contributed by atoms with van der Waals surface area (Å²) in [6.45, 7) is 2.16. The summed E-state index contributed by atoms with van der Waals surface area (Å²) >= 11 is 21.4. The fraction of sp³-hybridized carbons (Fsp3) is 0.269. The van der Waals surface area contributed by atoms with Crippen molar-refractivity contribution in [3.05, 3.63) is 83.4 Å². The van der Waals surface area contributed by atoms with E-state index in [1.165, 1.54) is 16.6 Å². The van der Waals surface area contributed by atoms with E-state index in [0.717, 1.165) is 47.2 Å². The number of aryl methyl sites for hydroxylation is 2. The molecule has 1 amide bonds. The van der Waals surface area contributed by atoms with Gasteiger partial charge in [-0.05, 0) is 73.6 Å². The van der Waals surface area contributed by atoms with Gasteiger partial charge in [0.15, 0.2) is 5.16 Å². The number of thiophene rings is 1. The van der Waals surface area contributed by atoms with Gasteiger partial charge in [-0.1, -0.05) is 58.7 Å². The second-order valence-corrected chi connectivity index (χ2v) is 11.9. The van der Waals surface area contributed by atoms with E-state index in [4.69, 9.17) is 39.8 Å². The highest BCUT2D eigenvalue weighted by Gasteiger charge is 2.24. The van der Waals surface area contributed by atoms with E-state index in [1.54, 1.807) is 40.2 Å². The lowest BCUT2D eigenvalue weighted by Gasteiger charge is -2.16. The number of aromatic nitrogens is 2. The number of rotatable bonds is 6. The van der Waals surface area contributed by atoms with Crippen LogP contribution in [0.4, 0.5) is 0 Å². The molecule has 5 nitrogen and oxygen atoms in total. The van der Waals surface area contributed by atoms with Gasteiger partial charge in [-0.25, -0.2) is 4.98 Å². The molecule has 2 aromatic carbocycles. The van der Waals surface area contributed by atoms with Crippen molar-refractivity contribution in [1.82, 2.24) is 14.9 Å². The molecule has 0 saturated carbocycles. The van der Waals surface area contributed by atoms with Crippen LogP contribution in [-0.2, 0) is 24.2 Å². The molecule has 36 heavy (non-hydrogen) atoms. The van der Waals surface area contributed by atoms with Crippen LogP contribution in [0, 0.1) is 6.92 Å². The molecule has 0 saturated heterocycles. The summed E-state index contributed by atoms with van der Waals surface area (Å²) in [5.74, 6) is -0.103. The Bertz CT molecular complexity index is 1550. The van der Waals surface area contributed by atoms with Crippen molar-refractivity contribution in [3.8, 4) is 5.69 Å². The number of carbonyl (C=O) groups excluding carboxylic acids is 1. The van der Waals surface area contributed by atoms with Crippen molar-refractivity contribution in [2.24, 2.45) is 0 Å². The van der Waals surface area contributed by atoms with Crippen molar-refractivity contribution in [3.63, 3.8) is 0 Å². The zero-order chi connectivity index (χ0) is 25.4. The maximum absolute atomic E-state index is 13.9. The van der Waals surface area contributed by atoms with Crippen LogP contribution < -0.4 is 10.9 Å². The van der Waals surface area contributed by atoms with Crippen LogP contribution in [0.15, 0.2) is 46.3 Å². The molecule has 1 aliphatic carbocycles. The predicted octanol–water partition coefficient (Wildman–Crippen LogP) is 7.00. The lowest BCUT2D eigenvalue weighted by atomic mass is 9.97. The number of hydrogen-bond acceptors (Lipinski definition) is 5. The highest BCUT2D eigenvalue weighted by atomic mass is 35.5. The van der Waals surface area contributed by atoms with Gasteiger partial charge in [0, 0.05) is 26.5 Å². The molecule has 0 bridgehead atoms. The van der Waals surface area contributed by atoms with Crippen molar-refractivity contribution in [2.45, 2.75) is 44.3 Å². The lowest BCUT2D eigenvalue weighted by molar-refractivity contribution is -0.118. The number of nitrogens with one attached hydrogen (secondary N) is 1. The number of amides is 1. The number of halogens is 3. The molecule has 186 valence electrons. The fourth-order valence-electron chi connectivity index (χ4n) is 4.37. The van der Waals surface area contributed by atoms with Gasteiger partial charge in [-0.2, -0.15) is 0 Å². The number of nitrogens with zero attached hydrogens (tertiary/aromatic N) is 2. The molecule has 0 fully saturated rings. The molecule has 1 aliphatic rings. The van der Waals surface area contributed by atoms with Gasteiger partial charge >= 0.3 is 0 Å².